The minimum Gasteiger partial charge on any atom is -0.497 e. The number of pyridine rings is 1. The average molecular weight is 491 g/mol. The molecule has 0 aliphatic rings. The van der Waals surface area contributed by atoms with Gasteiger partial charge in [0.15, 0.2) is 0 Å². The minimum atomic E-state index is -0.255. The van der Waals surface area contributed by atoms with Crippen molar-refractivity contribution in [3.63, 3.8) is 0 Å². The Morgan fingerprint density at radius 1 is 0.892 bits per heavy atom. The molecular weight excluding hydrogens is 464 g/mol. The first kappa shape index (κ1) is 23.8. The molecule has 0 aliphatic carbocycles. The van der Waals surface area contributed by atoms with E-state index in [0.29, 0.717) is 35.8 Å². The highest BCUT2D eigenvalue weighted by atomic mass is 16.5. The number of hydrogen-bond acceptors (Lipinski definition) is 5. The zero-order valence-electron chi connectivity index (χ0n) is 20.4. The van der Waals surface area contributed by atoms with Crippen molar-refractivity contribution < 1.29 is 14.3 Å². The summed E-state index contributed by atoms with van der Waals surface area (Å²) in [5.74, 6) is 1.13. The number of carbonyl (C=O) groups is 1. The number of carbonyl (C=O) groups excluding carboxylic acids is 1. The maximum Gasteiger partial charge on any atom is 0.259 e. The molecule has 37 heavy (non-hydrogen) atoms. The topological polar surface area (TPSA) is 78.3 Å². The van der Waals surface area contributed by atoms with Crippen molar-refractivity contribution in [3.05, 3.63) is 126 Å². The molecular formula is C30H26N4O3. The van der Waals surface area contributed by atoms with Crippen LogP contribution < -0.4 is 14.8 Å². The fourth-order valence-electron chi connectivity index (χ4n) is 3.91. The van der Waals surface area contributed by atoms with Gasteiger partial charge in [-0.2, -0.15) is 5.10 Å². The first-order valence-electron chi connectivity index (χ1n) is 11.9. The molecule has 7 nitrogen and oxygen atoms in total. The van der Waals surface area contributed by atoms with Gasteiger partial charge in [0.1, 0.15) is 23.8 Å². The molecule has 2 heterocycles. The first-order chi connectivity index (χ1) is 18.2. The van der Waals surface area contributed by atoms with Crippen molar-refractivity contribution in [2.75, 3.05) is 12.4 Å². The van der Waals surface area contributed by atoms with Crippen molar-refractivity contribution in [3.8, 4) is 22.8 Å². The largest absolute Gasteiger partial charge is 0.497 e. The molecule has 1 amide bonds. The zero-order chi connectivity index (χ0) is 25.5. The lowest BCUT2D eigenvalue weighted by molar-refractivity contribution is 0.102. The number of nitrogens with zero attached hydrogens (tertiary/aromatic N) is 3. The zero-order valence-corrected chi connectivity index (χ0v) is 20.4. The van der Waals surface area contributed by atoms with Gasteiger partial charge in [-0.3, -0.25) is 14.5 Å². The number of nitrogens with one attached hydrogen (secondary N) is 1. The van der Waals surface area contributed by atoms with Gasteiger partial charge in [-0.05, 0) is 48.0 Å². The van der Waals surface area contributed by atoms with Crippen LogP contribution in [-0.4, -0.2) is 27.8 Å². The van der Waals surface area contributed by atoms with Crippen LogP contribution in [0.25, 0.3) is 11.3 Å². The molecule has 2 aromatic heterocycles. The van der Waals surface area contributed by atoms with Crippen LogP contribution in [-0.2, 0) is 13.2 Å². The van der Waals surface area contributed by atoms with Gasteiger partial charge in [0.25, 0.3) is 5.91 Å². The Morgan fingerprint density at radius 2 is 1.70 bits per heavy atom. The number of ether oxygens (including phenoxy) is 2. The van der Waals surface area contributed by atoms with Crippen LogP contribution in [0, 0.1) is 0 Å². The summed E-state index contributed by atoms with van der Waals surface area (Å²) >= 11 is 0. The lowest BCUT2D eigenvalue weighted by Gasteiger charge is -2.09. The van der Waals surface area contributed by atoms with E-state index < -0.39 is 0 Å². The van der Waals surface area contributed by atoms with Gasteiger partial charge in [-0.25, -0.2) is 0 Å². The molecule has 184 valence electrons. The normalized spacial score (nSPS) is 10.6. The highest BCUT2D eigenvalue weighted by Gasteiger charge is 2.19. The van der Waals surface area contributed by atoms with Gasteiger partial charge in [-0.1, -0.05) is 42.5 Å². The van der Waals surface area contributed by atoms with Crippen LogP contribution in [0.1, 0.15) is 21.5 Å². The van der Waals surface area contributed by atoms with E-state index in [1.165, 1.54) is 0 Å². The molecule has 0 bridgehead atoms. The third-order valence-electron chi connectivity index (χ3n) is 5.78. The molecule has 1 N–H and O–H groups in total. The monoisotopic (exact) mass is 490 g/mol. The second-order valence-corrected chi connectivity index (χ2v) is 8.43. The van der Waals surface area contributed by atoms with E-state index in [4.69, 9.17) is 14.6 Å². The van der Waals surface area contributed by atoms with Crippen LogP contribution >= 0.6 is 0 Å². The highest BCUT2D eigenvalue weighted by Crippen LogP contribution is 2.26. The quantitative estimate of drug-likeness (QED) is 0.281. The van der Waals surface area contributed by atoms with E-state index in [1.54, 1.807) is 36.4 Å². The summed E-state index contributed by atoms with van der Waals surface area (Å²) in [6.07, 6.45) is 5.27. The van der Waals surface area contributed by atoms with Gasteiger partial charge in [0.2, 0.25) is 0 Å². The van der Waals surface area contributed by atoms with Crippen LogP contribution in [0.4, 0.5) is 5.69 Å². The number of aromatic nitrogens is 3. The smallest absolute Gasteiger partial charge is 0.259 e. The van der Waals surface area contributed by atoms with Gasteiger partial charge in [0.05, 0.1) is 19.2 Å². The molecule has 0 atom stereocenters. The molecule has 7 heteroatoms. The van der Waals surface area contributed by atoms with Crippen molar-refractivity contribution >= 4 is 11.6 Å². The number of rotatable bonds is 9. The van der Waals surface area contributed by atoms with Crippen molar-refractivity contribution in [1.82, 2.24) is 14.8 Å². The summed E-state index contributed by atoms with van der Waals surface area (Å²) < 4.78 is 13.0. The second-order valence-electron chi connectivity index (χ2n) is 8.43. The number of benzene rings is 3. The summed E-state index contributed by atoms with van der Waals surface area (Å²) in [6, 6.07) is 28.7. The second kappa shape index (κ2) is 11.2. The maximum absolute atomic E-state index is 13.4. The molecule has 0 radical (unpaired) electrons. The van der Waals surface area contributed by atoms with Gasteiger partial charge in [0, 0.05) is 41.5 Å². The fraction of sp³-hybridized carbons (Fsp3) is 0.100. The van der Waals surface area contributed by atoms with Crippen LogP contribution in [0.5, 0.6) is 11.5 Å². The standard InChI is InChI=1S/C30H26N4O3/c1-36-26-14-12-24(13-15-26)29-28(20-34(33-29)19-22-7-3-2-4-8-22)30(35)32-25-10-5-11-27(17-25)37-21-23-9-6-16-31-18-23/h2-18,20H,19,21H2,1H3,(H,32,35). The molecule has 3 aromatic carbocycles. The van der Waals surface area contributed by atoms with Crippen molar-refractivity contribution in [1.29, 1.82) is 0 Å². The number of anilines is 1. The Kier molecular flexibility index (Phi) is 7.22. The molecule has 0 unspecified atom stereocenters. The van der Waals surface area contributed by atoms with Gasteiger partial charge < -0.3 is 14.8 Å². The summed E-state index contributed by atoms with van der Waals surface area (Å²) in [7, 11) is 1.62. The fourth-order valence-corrected chi connectivity index (χ4v) is 3.91. The van der Waals surface area contributed by atoms with Gasteiger partial charge in [-0.15, -0.1) is 0 Å². The van der Waals surface area contributed by atoms with Crippen LogP contribution in [0.2, 0.25) is 0 Å². The van der Waals surface area contributed by atoms with E-state index in [0.717, 1.165) is 22.4 Å². The summed E-state index contributed by atoms with van der Waals surface area (Å²) in [4.78, 5) is 17.6. The van der Waals surface area contributed by atoms with Crippen LogP contribution in [0.15, 0.2) is 110 Å². The Bertz CT molecular complexity index is 1470. The van der Waals surface area contributed by atoms with Crippen LogP contribution in [0.3, 0.4) is 0 Å². The Morgan fingerprint density at radius 3 is 2.46 bits per heavy atom. The average Bonchev–Trinajstić information content (AvgIpc) is 3.37. The number of hydrogen-bond donors (Lipinski definition) is 1. The molecule has 0 aliphatic heterocycles. The minimum absolute atomic E-state index is 0.255. The van der Waals surface area contributed by atoms with Gasteiger partial charge >= 0.3 is 0 Å². The maximum atomic E-state index is 13.4. The van der Waals surface area contributed by atoms with E-state index >= 15 is 0 Å². The first-order valence-corrected chi connectivity index (χ1v) is 11.9. The van der Waals surface area contributed by atoms with Crippen molar-refractivity contribution in [2.24, 2.45) is 0 Å². The van der Waals surface area contributed by atoms with E-state index in [-0.39, 0.29) is 5.91 Å². The molecule has 0 saturated heterocycles. The molecule has 5 rings (SSSR count). The molecule has 0 spiro atoms. The molecule has 0 saturated carbocycles. The Hall–Kier alpha value is -4.91. The Balaban J connectivity index is 1.38. The lowest BCUT2D eigenvalue weighted by atomic mass is 10.1. The molecule has 0 fully saturated rings. The third kappa shape index (κ3) is 6.02. The highest BCUT2D eigenvalue weighted by molar-refractivity contribution is 6.08. The third-order valence-corrected chi connectivity index (χ3v) is 5.78. The summed E-state index contributed by atoms with van der Waals surface area (Å²) in [5.41, 5.74) is 4.59. The van der Waals surface area contributed by atoms with E-state index in [2.05, 4.69) is 10.3 Å². The lowest BCUT2D eigenvalue weighted by Crippen LogP contribution is -2.12. The SMILES string of the molecule is COc1ccc(-c2nn(Cc3ccccc3)cc2C(=O)Nc2cccc(OCc3cccnc3)c2)cc1. The number of methoxy groups -OCH3 is 1. The van der Waals surface area contributed by atoms with Crippen molar-refractivity contribution in [2.45, 2.75) is 13.2 Å². The predicted octanol–water partition coefficient (Wildman–Crippen LogP) is 5.83. The summed E-state index contributed by atoms with van der Waals surface area (Å²) in [5, 5.41) is 7.76. The Labute approximate surface area is 215 Å². The van der Waals surface area contributed by atoms with E-state index in [1.807, 2.05) is 84.9 Å². The predicted molar refractivity (Wildman–Crippen MR) is 143 cm³/mol. The number of amides is 1. The molecule has 5 aromatic rings. The summed E-state index contributed by atoms with van der Waals surface area (Å²) in [6.45, 7) is 0.939. The van der Waals surface area contributed by atoms with E-state index in [9.17, 15) is 4.79 Å².